The van der Waals surface area contributed by atoms with E-state index >= 15 is 0 Å². The molecule has 35 heavy (non-hydrogen) atoms. The van der Waals surface area contributed by atoms with Gasteiger partial charge in [-0.15, -0.1) is 0 Å². The Hall–Kier alpha value is -2.23. The highest BCUT2D eigenvalue weighted by atomic mass is 16.5. The Balaban J connectivity index is 1.63. The minimum atomic E-state index is -0.233. The van der Waals surface area contributed by atoms with Crippen LogP contribution in [0.25, 0.3) is 10.8 Å². The third-order valence-corrected chi connectivity index (χ3v) is 6.79. The summed E-state index contributed by atoms with van der Waals surface area (Å²) in [4.78, 5) is 12.8. The van der Waals surface area contributed by atoms with Gasteiger partial charge in [-0.2, -0.15) is 0 Å². The highest BCUT2D eigenvalue weighted by Crippen LogP contribution is 2.36. The minimum Gasteiger partial charge on any atom is -0.506 e. The van der Waals surface area contributed by atoms with Crippen molar-refractivity contribution in [3.05, 3.63) is 35.9 Å². The Morgan fingerprint density at radius 2 is 1.26 bits per heavy atom. The predicted molar refractivity (Wildman–Crippen MR) is 149 cm³/mol. The normalized spacial score (nSPS) is 11.1. The molecule has 2 N–H and O–H groups in total. The lowest BCUT2D eigenvalue weighted by atomic mass is 10.0. The standard InChI is InChI=1S/C31H49NO3/c1-3-5-7-8-9-10-11-12-13-14-15-16-17-20-23-32-31(34)28-25-29(35-24-6-4-2)26-21-18-19-22-27(26)30(28)33/h18-19,21-22,25,33H,3-17,20,23-24H2,1-2H3,(H,32,34). The van der Waals surface area contributed by atoms with Crippen LogP contribution in [0.4, 0.5) is 0 Å². The summed E-state index contributed by atoms with van der Waals surface area (Å²) in [6.45, 7) is 5.63. The molecular weight excluding hydrogens is 434 g/mol. The second-order valence-electron chi connectivity index (χ2n) is 9.87. The molecule has 2 aromatic carbocycles. The van der Waals surface area contributed by atoms with E-state index in [2.05, 4.69) is 19.2 Å². The van der Waals surface area contributed by atoms with Crippen LogP contribution in [0.15, 0.2) is 30.3 Å². The molecule has 2 aromatic rings. The van der Waals surface area contributed by atoms with E-state index in [9.17, 15) is 9.90 Å². The Bertz CT molecular complexity index is 848. The molecule has 4 heteroatoms. The molecular formula is C31H49NO3. The molecule has 0 aliphatic heterocycles. The topological polar surface area (TPSA) is 58.6 Å². The first-order valence-corrected chi connectivity index (χ1v) is 14.3. The number of hydrogen-bond donors (Lipinski definition) is 2. The number of benzene rings is 2. The highest BCUT2D eigenvalue weighted by Gasteiger charge is 2.17. The molecule has 0 radical (unpaired) electrons. The lowest BCUT2D eigenvalue weighted by Crippen LogP contribution is -2.24. The molecule has 0 fully saturated rings. The molecule has 0 saturated heterocycles. The van der Waals surface area contributed by atoms with Crippen LogP contribution in [-0.2, 0) is 0 Å². The van der Waals surface area contributed by atoms with Crippen molar-refractivity contribution in [3.63, 3.8) is 0 Å². The number of phenols is 1. The van der Waals surface area contributed by atoms with Crippen molar-refractivity contribution in [2.45, 2.75) is 117 Å². The number of nitrogens with one attached hydrogen (secondary N) is 1. The molecule has 2 rings (SSSR count). The number of phenolic OH excluding ortho intramolecular Hbond substituents is 1. The van der Waals surface area contributed by atoms with Crippen LogP contribution in [-0.4, -0.2) is 24.2 Å². The predicted octanol–water partition coefficient (Wildman–Crippen LogP) is 8.94. The van der Waals surface area contributed by atoms with Crippen molar-refractivity contribution in [2.24, 2.45) is 0 Å². The summed E-state index contributed by atoms with van der Waals surface area (Å²) in [5.41, 5.74) is 0.292. The smallest absolute Gasteiger partial charge is 0.255 e. The summed E-state index contributed by atoms with van der Waals surface area (Å²) in [5.74, 6) is 0.457. The van der Waals surface area contributed by atoms with Crippen LogP contribution in [0.2, 0.25) is 0 Å². The second kappa shape index (κ2) is 18.1. The van der Waals surface area contributed by atoms with Crippen molar-refractivity contribution in [1.82, 2.24) is 5.32 Å². The molecule has 196 valence electrons. The van der Waals surface area contributed by atoms with Gasteiger partial charge >= 0.3 is 0 Å². The number of unbranched alkanes of at least 4 members (excludes halogenated alkanes) is 14. The highest BCUT2D eigenvalue weighted by molar-refractivity contribution is 6.05. The first-order chi connectivity index (χ1) is 17.2. The number of amides is 1. The molecule has 0 unspecified atom stereocenters. The van der Waals surface area contributed by atoms with E-state index in [1.54, 1.807) is 6.07 Å². The van der Waals surface area contributed by atoms with E-state index in [0.717, 1.165) is 31.1 Å². The van der Waals surface area contributed by atoms with E-state index in [-0.39, 0.29) is 11.7 Å². The molecule has 4 nitrogen and oxygen atoms in total. The summed E-state index contributed by atoms with van der Waals surface area (Å²) in [6.07, 6.45) is 20.4. The van der Waals surface area contributed by atoms with E-state index in [4.69, 9.17) is 4.74 Å². The molecule has 0 aliphatic rings. The fourth-order valence-electron chi connectivity index (χ4n) is 4.56. The molecule has 0 atom stereocenters. The molecule has 0 saturated carbocycles. The number of rotatable bonds is 20. The third kappa shape index (κ3) is 10.9. The maximum atomic E-state index is 12.8. The van der Waals surface area contributed by atoms with Gasteiger partial charge in [0.15, 0.2) is 0 Å². The Morgan fingerprint density at radius 1 is 0.743 bits per heavy atom. The maximum Gasteiger partial charge on any atom is 0.255 e. The summed E-state index contributed by atoms with van der Waals surface area (Å²) < 4.78 is 5.95. The molecule has 0 heterocycles. The van der Waals surface area contributed by atoms with Gasteiger partial charge in [0.2, 0.25) is 0 Å². The maximum absolute atomic E-state index is 12.8. The number of ether oxygens (including phenoxy) is 1. The van der Waals surface area contributed by atoms with Gasteiger partial charge in [0.05, 0.1) is 12.2 Å². The van der Waals surface area contributed by atoms with Crippen LogP contribution < -0.4 is 10.1 Å². The second-order valence-corrected chi connectivity index (χ2v) is 9.87. The summed E-state index contributed by atoms with van der Waals surface area (Å²) in [7, 11) is 0. The van der Waals surface area contributed by atoms with Crippen LogP contribution >= 0.6 is 0 Å². The quantitative estimate of drug-likeness (QED) is 0.185. The fraction of sp³-hybridized carbons (Fsp3) is 0.645. The summed E-state index contributed by atoms with van der Waals surface area (Å²) in [5, 5.41) is 15.2. The zero-order valence-electron chi connectivity index (χ0n) is 22.4. The average Bonchev–Trinajstić information content (AvgIpc) is 2.87. The zero-order valence-corrected chi connectivity index (χ0v) is 22.4. The van der Waals surface area contributed by atoms with E-state index < -0.39 is 0 Å². The lowest BCUT2D eigenvalue weighted by Gasteiger charge is -2.14. The van der Waals surface area contributed by atoms with E-state index in [0.29, 0.717) is 29.9 Å². The number of carbonyl (C=O) groups excluding carboxylic acids is 1. The first kappa shape index (κ1) is 29.0. The minimum absolute atomic E-state index is 0.0295. The number of carbonyl (C=O) groups is 1. The summed E-state index contributed by atoms with van der Waals surface area (Å²) >= 11 is 0. The van der Waals surface area contributed by atoms with Gasteiger partial charge in [0.1, 0.15) is 11.5 Å². The van der Waals surface area contributed by atoms with Gasteiger partial charge in [0.25, 0.3) is 5.91 Å². The Morgan fingerprint density at radius 3 is 1.83 bits per heavy atom. The van der Waals surface area contributed by atoms with Crippen molar-refractivity contribution in [2.75, 3.05) is 13.2 Å². The first-order valence-electron chi connectivity index (χ1n) is 14.3. The number of aromatic hydroxyl groups is 1. The van der Waals surface area contributed by atoms with E-state index in [1.165, 1.54) is 77.0 Å². The fourth-order valence-corrected chi connectivity index (χ4v) is 4.56. The van der Waals surface area contributed by atoms with Crippen molar-refractivity contribution in [3.8, 4) is 11.5 Å². The van der Waals surface area contributed by atoms with Gasteiger partial charge in [-0.1, -0.05) is 128 Å². The zero-order chi connectivity index (χ0) is 25.1. The molecule has 0 bridgehead atoms. The van der Waals surface area contributed by atoms with Crippen LogP contribution in [0.1, 0.15) is 127 Å². The number of hydrogen-bond acceptors (Lipinski definition) is 3. The van der Waals surface area contributed by atoms with Crippen LogP contribution in [0.5, 0.6) is 11.5 Å². The Kier molecular flexibility index (Phi) is 15.0. The largest absolute Gasteiger partial charge is 0.506 e. The molecule has 0 aromatic heterocycles. The molecule has 0 aliphatic carbocycles. The van der Waals surface area contributed by atoms with E-state index in [1.807, 2.05) is 24.3 Å². The molecule has 1 amide bonds. The van der Waals surface area contributed by atoms with Crippen molar-refractivity contribution < 1.29 is 14.6 Å². The average molecular weight is 484 g/mol. The lowest BCUT2D eigenvalue weighted by molar-refractivity contribution is 0.0950. The molecule has 0 spiro atoms. The summed E-state index contributed by atoms with van der Waals surface area (Å²) in [6, 6.07) is 9.24. The monoisotopic (exact) mass is 483 g/mol. The van der Waals surface area contributed by atoms with Gasteiger partial charge in [0, 0.05) is 17.3 Å². The van der Waals surface area contributed by atoms with Gasteiger partial charge < -0.3 is 15.2 Å². The van der Waals surface area contributed by atoms with Gasteiger partial charge in [-0.25, -0.2) is 0 Å². The van der Waals surface area contributed by atoms with Crippen LogP contribution in [0, 0.1) is 0 Å². The van der Waals surface area contributed by atoms with Crippen molar-refractivity contribution >= 4 is 16.7 Å². The third-order valence-electron chi connectivity index (χ3n) is 6.79. The number of fused-ring (bicyclic) bond motifs is 1. The Labute approximate surface area is 213 Å². The SMILES string of the molecule is CCCCCCCCCCCCCCCCNC(=O)c1cc(OCCCC)c2ccccc2c1O. The van der Waals surface area contributed by atoms with Crippen molar-refractivity contribution in [1.29, 1.82) is 0 Å². The van der Waals surface area contributed by atoms with Crippen LogP contribution in [0.3, 0.4) is 0 Å². The van der Waals surface area contributed by atoms with Gasteiger partial charge in [-0.3, -0.25) is 4.79 Å². The van der Waals surface area contributed by atoms with Gasteiger partial charge in [-0.05, 0) is 18.9 Å².